The number of benzene rings is 1. The van der Waals surface area contributed by atoms with E-state index in [1.54, 1.807) is 5.57 Å². The van der Waals surface area contributed by atoms with E-state index in [9.17, 15) is 0 Å². The molecule has 0 aliphatic heterocycles. The van der Waals surface area contributed by atoms with Crippen LogP contribution in [0.3, 0.4) is 0 Å². The van der Waals surface area contributed by atoms with Crippen molar-refractivity contribution in [1.82, 2.24) is 0 Å². The van der Waals surface area contributed by atoms with Crippen LogP contribution in [0.1, 0.15) is 18.4 Å². The van der Waals surface area contributed by atoms with Crippen LogP contribution in [-0.2, 0) is 6.42 Å². The molecule has 1 saturated carbocycles. The maximum absolute atomic E-state index is 2.45. The van der Waals surface area contributed by atoms with Gasteiger partial charge in [-0.3, -0.25) is 0 Å². The van der Waals surface area contributed by atoms with Crippen molar-refractivity contribution in [3.05, 3.63) is 71.8 Å². The van der Waals surface area contributed by atoms with Gasteiger partial charge >= 0.3 is 0 Å². The zero-order chi connectivity index (χ0) is 11.5. The molecule has 0 spiro atoms. The topological polar surface area (TPSA) is 0 Å². The first kappa shape index (κ1) is 10.6. The molecule has 0 nitrogen and oxygen atoms in total. The van der Waals surface area contributed by atoms with Gasteiger partial charge < -0.3 is 0 Å². The van der Waals surface area contributed by atoms with E-state index in [4.69, 9.17) is 0 Å². The van der Waals surface area contributed by atoms with E-state index < -0.39 is 0 Å². The standard InChI is InChI=1S/C17H18/c1-2-6-14(7-3-1)10-11-17-13-15-8-4-5-9-16(17)12-15/h1-9,11,15-16H,10,12-13H2/b17-11+/t15-,16+/m0/s1. The molecule has 0 radical (unpaired) electrons. The van der Waals surface area contributed by atoms with E-state index in [0.29, 0.717) is 5.92 Å². The van der Waals surface area contributed by atoms with E-state index >= 15 is 0 Å². The summed E-state index contributed by atoms with van der Waals surface area (Å²) in [7, 11) is 0. The Morgan fingerprint density at radius 1 is 1.06 bits per heavy atom. The van der Waals surface area contributed by atoms with Gasteiger partial charge in [-0.1, -0.05) is 66.3 Å². The van der Waals surface area contributed by atoms with Crippen molar-refractivity contribution in [2.45, 2.75) is 19.3 Å². The highest BCUT2D eigenvalue weighted by atomic mass is 14.3. The summed E-state index contributed by atoms with van der Waals surface area (Å²) in [5.41, 5.74) is 3.05. The van der Waals surface area contributed by atoms with Crippen LogP contribution in [0, 0.1) is 11.8 Å². The average Bonchev–Trinajstić information content (AvgIpc) is 2.58. The number of hydrogen-bond donors (Lipinski definition) is 0. The van der Waals surface area contributed by atoms with Crippen molar-refractivity contribution in [3.8, 4) is 0 Å². The summed E-state index contributed by atoms with van der Waals surface area (Å²) < 4.78 is 0. The predicted molar refractivity (Wildman–Crippen MR) is 72.7 cm³/mol. The van der Waals surface area contributed by atoms with Crippen molar-refractivity contribution >= 4 is 0 Å². The highest BCUT2D eigenvalue weighted by Crippen LogP contribution is 2.39. The van der Waals surface area contributed by atoms with Crippen LogP contribution in [0.25, 0.3) is 0 Å². The summed E-state index contributed by atoms with van der Waals surface area (Å²) in [6.45, 7) is 0. The number of hydrogen-bond acceptors (Lipinski definition) is 0. The summed E-state index contributed by atoms with van der Waals surface area (Å²) >= 11 is 0. The number of allylic oxidation sites excluding steroid dienone is 6. The average molecular weight is 222 g/mol. The molecule has 1 aromatic rings. The first-order chi connectivity index (χ1) is 8.42. The lowest BCUT2D eigenvalue weighted by atomic mass is 9.99. The second-order valence-corrected chi connectivity index (χ2v) is 5.04. The zero-order valence-electron chi connectivity index (χ0n) is 10.0. The molecular formula is C17H18. The van der Waals surface area contributed by atoms with E-state index in [2.05, 4.69) is 60.7 Å². The van der Waals surface area contributed by atoms with Gasteiger partial charge in [0.1, 0.15) is 0 Å². The third kappa shape index (κ3) is 2.41. The second kappa shape index (κ2) is 4.75. The van der Waals surface area contributed by atoms with E-state index in [1.807, 2.05) is 0 Å². The van der Waals surface area contributed by atoms with Crippen LogP contribution in [0.2, 0.25) is 0 Å². The molecule has 2 aliphatic rings. The molecule has 0 amide bonds. The maximum atomic E-state index is 2.45. The normalized spacial score (nSPS) is 28.6. The molecule has 0 heteroatoms. The molecule has 17 heavy (non-hydrogen) atoms. The Morgan fingerprint density at radius 3 is 2.76 bits per heavy atom. The van der Waals surface area contributed by atoms with Crippen LogP contribution in [0.15, 0.2) is 66.3 Å². The molecule has 0 aromatic heterocycles. The fourth-order valence-corrected chi connectivity index (χ4v) is 2.88. The quantitative estimate of drug-likeness (QED) is 0.654. The zero-order valence-corrected chi connectivity index (χ0v) is 10.0. The largest absolute Gasteiger partial charge is 0.0811 e. The van der Waals surface area contributed by atoms with Gasteiger partial charge in [-0.25, -0.2) is 0 Å². The van der Waals surface area contributed by atoms with Gasteiger partial charge in [-0.05, 0) is 36.7 Å². The molecule has 2 atom stereocenters. The lowest BCUT2D eigenvalue weighted by Gasteiger charge is -2.06. The third-order valence-corrected chi connectivity index (χ3v) is 3.81. The van der Waals surface area contributed by atoms with Crippen LogP contribution in [-0.4, -0.2) is 0 Å². The lowest BCUT2D eigenvalue weighted by Crippen LogP contribution is -1.92. The minimum atomic E-state index is 0.693. The van der Waals surface area contributed by atoms with Gasteiger partial charge in [0, 0.05) is 0 Å². The van der Waals surface area contributed by atoms with E-state index in [-0.39, 0.29) is 0 Å². The van der Waals surface area contributed by atoms with Crippen LogP contribution in [0.4, 0.5) is 0 Å². The highest BCUT2D eigenvalue weighted by molar-refractivity contribution is 5.28. The Bertz CT molecular complexity index is 462. The minimum Gasteiger partial charge on any atom is -0.0811 e. The Hall–Kier alpha value is -1.56. The molecule has 0 unspecified atom stereocenters. The van der Waals surface area contributed by atoms with E-state index in [1.165, 1.54) is 18.4 Å². The van der Waals surface area contributed by atoms with Crippen molar-refractivity contribution in [3.63, 3.8) is 0 Å². The summed E-state index contributed by atoms with van der Waals surface area (Å²) in [5, 5.41) is 0. The van der Waals surface area contributed by atoms with Gasteiger partial charge in [-0.2, -0.15) is 0 Å². The van der Waals surface area contributed by atoms with Crippen LogP contribution in [0.5, 0.6) is 0 Å². The predicted octanol–water partition coefficient (Wildman–Crippen LogP) is 4.31. The van der Waals surface area contributed by atoms with Gasteiger partial charge in [0.15, 0.2) is 0 Å². The van der Waals surface area contributed by atoms with Crippen molar-refractivity contribution < 1.29 is 0 Å². The van der Waals surface area contributed by atoms with Crippen LogP contribution < -0.4 is 0 Å². The van der Waals surface area contributed by atoms with Gasteiger partial charge in [-0.15, -0.1) is 0 Å². The fraction of sp³-hybridized carbons (Fsp3) is 0.294. The maximum Gasteiger partial charge on any atom is -0.00141 e. The Morgan fingerprint density at radius 2 is 1.88 bits per heavy atom. The SMILES string of the molecule is C1=C[C@@H]2C/C(=C\Cc3ccccc3)[C@H](C=C1)C2. The number of rotatable bonds is 2. The molecule has 3 rings (SSSR count). The molecule has 1 fully saturated rings. The lowest BCUT2D eigenvalue weighted by molar-refractivity contribution is 0.651. The van der Waals surface area contributed by atoms with Gasteiger partial charge in [0.05, 0.1) is 0 Å². The fourth-order valence-electron chi connectivity index (χ4n) is 2.88. The van der Waals surface area contributed by atoms with Crippen molar-refractivity contribution in [2.24, 2.45) is 11.8 Å². The Kier molecular flexibility index (Phi) is 2.96. The molecule has 0 saturated heterocycles. The molecule has 0 N–H and O–H groups in total. The first-order valence-corrected chi connectivity index (χ1v) is 6.49. The number of fused-ring (bicyclic) bond motifs is 2. The molecule has 0 heterocycles. The minimum absolute atomic E-state index is 0.693. The third-order valence-electron chi connectivity index (χ3n) is 3.81. The van der Waals surface area contributed by atoms with Crippen LogP contribution >= 0.6 is 0 Å². The van der Waals surface area contributed by atoms with Crippen molar-refractivity contribution in [1.29, 1.82) is 0 Å². The molecule has 2 bridgehead atoms. The molecular weight excluding hydrogens is 204 g/mol. The molecule has 86 valence electrons. The van der Waals surface area contributed by atoms with Crippen molar-refractivity contribution in [2.75, 3.05) is 0 Å². The summed E-state index contributed by atoms with van der Waals surface area (Å²) in [6, 6.07) is 10.7. The molecule has 2 aliphatic carbocycles. The first-order valence-electron chi connectivity index (χ1n) is 6.49. The smallest absolute Gasteiger partial charge is 0.00141 e. The summed E-state index contributed by atoms with van der Waals surface area (Å²) in [4.78, 5) is 0. The highest BCUT2D eigenvalue weighted by Gasteiger charge is 2.26. The monoisotopic (exact) mass is 222 g/mol. The Labute approximate surface area is 103 Å². The summed E-state index contributed by atoms with van der Waals surface area (Å²) in [5.74, 6) is 1.47. The summed E-state index contributed by atoms with van der Waals surface area (Å²) in [6.07, 6.45) is 15.2. The second-order valence-electron chi connectivity index (χ2n) is 5.04. The Balaban J connectivity index is 1.73. The molecule has 1 aromatic carbocycles. The van der Waals surface area contributed by atoms with Gasteiger partial charge in [0.2, 0.25) is 0 Å². The van der Waals surface area contributed by atoms with Gasteiger partial charge in [0.25, 0.3) is 0 Å². The van der Waals surface area contributed by atoms with E-state index in [0.717, 1.165) is 12.3 Å².